The van der Waals surface area contributed by atoms with Crippen molar-refractivity contribution >= 4 is 34.4 Å². The summed E-state index contributed by atoms with van der Waals surface area (Å²) in [5.41, 5.74) is 0.0254. The van der Waals surface area contributed by atoms with E-state index in [1.54, 1.807) is 15.2 Å². The van der Waals surface area contributed by atoms with Crippen LogP contribution in [0.25, 0.3) is 0 Å². The number of hydrogen-bond acceptors (Lipinski definition) is 7. The maximum atomic E-state index is 12.6. The van der Waals surface area contributed by atoms with Crippen molar-refractivity contribution in [3.05, 3.63) is 11.1 Å². The molecule has 0 radical (unpaired) electrons. The zero-order chi connectivity index (χ0) is 21.9. The van der Waals surface area contributed by atoms with E-state index < -0.39 is 11.7 Å². The van der Waals surface area contributed by atoms with Gasteiger partial charge >= 0.3 is 12.1 Å². The van der Waals surface area contributed by atoms with Gasteiger partial charge in [0.15, 0.2) is 5.13 Å². The number of hydrogen-bond donors (Lipinski definition) is 0. The first-order valence-electron chi connectivity index (χ1n) is 10.6. The second-order valence-electron chi connectivity index (χ2n) is 8.88. The molecule has 166 valence electrons. The van der Waals surface area contributed by atoms with Crippen molar-refractivity contribution in [2.75, 3.05) is 18.0 Å². The first-order valence-corrected chi connectivity index (χ1v) is 11.5. The Morgan fingerprint density at radius 3 is 2.70 bits per heavy atom. The molecule has 0 aliphatic carbocycles. The molecule has 9 heteroatoms. The molecular formula is C21H31N3O5S. The summed E-state index contributed by atoms with van der Waals surface area (Å²) in [4.78, 5) is 44.7. The lowest BCUT2D eigenvalue weighted by Crippen LogP contribution is -2.51. The maximum Gasteiger partial charge on any atom is 0.410 e. The fourth-order valence-electron chi connectivity index (χ4n) is 3.82. The number of amides is 2. The molecule has 2 atom stereocenters. The maximum absolute atomic E-state index is 12.6. The summed E-state index contributed by atoms with van der Waals surface area (Å²) in [6.07, 6.45) is 3.27. The quantitative estimate of drug-likeness (QED) is 0.655. The molecule has 2 saturated heterocycles. The van der Waals surface area contributed by atoms with Crippen LogP contribution in [-0.2, 0) is 25.5 Å². The molecule has 0 N–H and O–H groups in total. The molecule has 3 rings (SSSR count). The normalized spacial score (nSPS) is 20.9. The van der Waals surface area contributed by atoms with E-state index in [4.69, 9.17) is 9.47 Å². The molecule has 0 bridgehead atoms. The van der Waals surface area contributed by atoms with E-state index in [0.29, 0.717) is 30.3 Å². The number of carbonyl (C=O) groups is 3. The molecule has 0 aromatic carbocycles. The minimum absolute atomic E-state index is 0.0437. The largest absolute Gasteiger partial charge is 0.460 e. The highest BCUT2D eigenvalue weighted by Gasteiger charge is 2.35. The van der Waals surface area contributed by atoms with Gasteiger partial charge in [-0.1, -0.05) is 0 Å². The Morgan fingerprint density at radius 1 is 1.27 bits per heavy atom. The summed E-state index contributed by atoms with van der Waals surface area (Å²) < 4.78 is 11.2. The van der Waals surface area contributed by atoms with E-state index in [2.05, 4.69) is 4.98 Å². The third-order valence-electron chi connectivity index (χ3n) is 5.21. The van der Waals surface area contributed by atoms with Crippen molar-refractivity contribution in [1.82, 2.24) is 9.88 Å². The van der Waals surface area contributed by atoms with Gasteiger partial charge in [-0.15, -0.1) is 11.3 Å². The number of anilines is 1. The molecule has 2 aliphatic rings. The van der Waals surface area contributed by atoms with E-state index in [-0.39, 0.29) is 30.4 Å². The van der Waals surface area contributed by atoms with Gasteiger partial charge in [-0.25, -0.2) is 9.78 Å². The average molecular weight is 438 g/mol. The highest BCUT2D eigenvalue weighted by Crippen LogP contribution is 2.27. The van der Waals surface area contributed by atoms with E-state index >= 15 is 0 Å². The number of thiazole rings is 1. The minimum Gasteiger partial charge on any atom is -0.460 e. The molecule has 1 aromatic rings. The molecule has 0 unspecified atom stereocenters. The summed E-state index contributed by atoms with van der Waals surface area (Å²) in [7, 11) is 0. The van der Waals surface area contributed by atoms with Crippen molar-refractivity contribution in [1.29, 1.82) is 0 Å². The van der Waals surface area contributed by atoms with Gasteiger partial charge < -0.3 is 14.4 Å². The van der Waals surface area contributed by atoms with Crippen LogP contribution in [0.3, 0.4) is 0 Å². The highest BCUT2D eigenvalue weighted by atomic mass is 32.1. The summed E-state index contributed by atoms with van der Waals surface area (Å²) in [6.45, 7) is 8.61. The molecule has 8 nitrogen and oxygen atoms in total. The number of likely N-dealkylation sites (tertiary alicyclic amines) is 1. The number of esters is 1. The van der Waals surface area contributed by atoms with Crippen LogP contribution >= 0.6 is 11.3 Å². The lowest BCUT2D eigenvalue weighted by Gasteiger charge is -2.39. The van der Waals surface area contributed by atoms with Crippen molar-refractivity contribution in [2.24, 2.45) is 0 Å². The van der Waals surface area contributed by atoms with Crippen LogP contribution in [-0.4, -0.2) is 58.7 Å². The summed E-state index contributed by atoms with van der Waals surface area (Å²) >= 11 is 1.37. The predicted molar refractivity (Wildman–Crippen MR) is 114 cm³/mol. The van der Waals surface area contributed by atoms with Crippen LogP contribution in [0.1, 0.15) is 65.5 Å². The van der Waals surface area contributed by atoms with Crippen LogP contribution < -0.4 is 4.90 Å². The summed E-state index contributed by atoms with van der Waals surface area (Å²) in [6, 6.07) is -0.203. The zero-order valence-corrected chi connectivity index (χ0v) is 19.0. The molecule has 1 aromatic heterocycles. The smallest absolute Gasteiger partial charge is 0.410 e. The van der Waals surface area contributed by atoms with Gasteiger partial charge in [0.1, 0.15) is 11.7 Å². The molecular weight excluding hydrogens is 406 g/mol. The minimum atomic E-state index is -0.571. The summed E-state index contributed by atoms with van der Waals surface area (Å²) in [5, 5.41) is 2.43. The standard InChI is InChI=1S/C21H31N3O5S/c1-14(16-8-5-6-10-23(16)20(27)29-21(2,3)4)28-18(26)12-15-13-30-19(22-15)24-11-7-9-17(24)25/h13-14,16H,5-12H2,1-4H3/t14-,16-/m1/s1. The van der Waals surface area contributed by atoms with E-state index in [1.807, 2.05) is 27.7 Å². The molecule has 3 heterocycles. The van der Waals surface area contributed by atoms with Crippen molar-refractivity contribution in [3.63, 3.8) is 0 Å². The lowest BCUT2D eigenvalue weighted by molar-refractivity contribution is -0.151. The fourth-order valence-corrected chi connectivity index (χ4v) is 4.69. The monoisotopic (exact) mass is 437 g/mol. The van der Waals surface area contributed by atoms with Crippen molar-refractivity contribution < 1.29 is 23.9 Å². The van der Waals surface area contributed by atoms with E-state index in [1.165, 1.54) is 11.3 Å². The third-order valence-corrected chi connectivity index (χ3v) is 6.12. The van der Waals surface area contributed by atoms with Crippen LogP contribution in [0, 0.1) is 0 Å². The second-order valence-corrected chi connectivity index (χ2v) is 9.72. The van der Waals surface area contributed by atoms with Gasteiger partial charge in [0.05, 0.1) is 18.2 Å². The number of nitrogens with zero attached hydrogens (tertiary/aromatic N) is 3. The van der Waals surface area contributed by atoms with E-state index in [0.717, 1.165) is 25.7 Å². The van der Waals surface area contributed by atoms with Crippen LogP contribution in [0.4, 0.5) is 9.93 Å². The van der Waals surface area contributed by atoms with Crippen molar-refractivity contribution in [3.8, 4) is 0 Å². The summed E-state index contributed by atoms with van der Waals surface area (Å²) in [5.74, 6) is -0.312. The molecule has 0 spiro atoms. The molecule has 2 fully saturated rings. The van der Waals surface area contributed by atoms with Gasteiger partial charge in [-0.05, 0) is 53.4 Å². The van der Waals surface area contributed by atoms with Crippen LogP contribution in [0.15, 0.2) is 5.38 Å². The third kappa shape index (κ3) is 5.71. The number of ether oxygens (including phenoxy) is 2. The van der Waals surface area contributed by atoms with Gasteiger partial charge in [0.2, 0.25) is 5.91 Å². The molecule has 0 saturated carbocycles. The molecule has 2 amide bonds. The highest BCUT2D eigenvalue weighted by molar-refractivity contribution is 7.14. The Bertz CT molecular complexity index is 788. The number of rotatable bonds is 5. The lowest BCUT2D eigenvalue weighted by atomic mass is 9.98. The van der Waals surface area contributed by atoms with Gasteiger partial charge in [0.25, 0.3) is 0 Å². The first kappa shape index (κ1) is 22.5. The Kier molecular flexibility index (Phi) is 7.00. The van der Waals surface area contributed by atoms with Gasteiger partial charge in [0, 0.05) is 24.9 Å². The Balaban J connectivity index is 1.57. The Labute approximate surface area is 181 Å². The number of carbonyl (C=O) groups excluding carboxylic acids is 3. The second kappa shape index (κ2) is 9.32. The number of piperidine rings is 1. The zero-order valence-electron chi connectivity index (χ0n) is 18.2. The Morgan fingerprint density at radius 2 is 2.03 bits per heavy atom. The molecule has 2 aliphatic heterocycles. The van der Waals surface area contributed by atoms with Crippen molar-refractivity contribution in [2.45, 2.75) is 84.0 Å². The first-order chi connectivity index (χ1) is 14.1. The average Bonchev–Trinajstić information content (AvgIpc) is 3.28. The van der Waals surface area contributed by atoms with Crippen LogP contribution in [0.5, 0.6) is 0 Å². The Hall–Kier alpha value is -2.16. The fraction of sp³-hybridized carbons (Fsp3) is 0.714. The van der Waals surface area contributed by atoms with E-state index in [9.17, 15) is 14.4 Å². The van der Waals surface area contributed by atoms with Gasteiger partial charge in [-0.2, -0.15) is 0 Å². The molecule has 30 heavy (non-hydrogen) atoms. The topological polar surface area (TPSA) is 89.0 Å². The SMILES string of the molecule is C[C@@H](OC(=O)Cc1csc(N2CCCC2=O)n1)[C@H]1CCCCN1C(=O)OC(C)(C)C. The van der Waals surface area contributed by atoms with Crippen LogP contribution in [0.2, 0.25) is 0 Å². The number of aromatic nitrogens is 1. The van der Waals surface area contributed by atoms with Gasteiger partial charge in [-0.3, -0.25) is 14.5 Å². The predicted octanol–water partition coefficient (Wildman–Crippen LogP) is 3.53.